The molecule has 286 valence electrons. The Kier molecular flexibility index (Phi) is 37.9. The lowest BCUT2D eigenvalue weighted by Gasteiger charge is -2.34. The second-order valence-electron chi connectivity index (χ2n) is 13.2. The molecule has 21 N–H and O–H groups in total. The van der Waals surface area contributed by atoms with Gasteiger partial charge in [0.1, 0.15) is 0 Å². The van der Waals surface area contributed by atoms with Crippen LogP contribution in [0.1, 0.15) is 71.1 Å². The summed E-state index contributed by atoms with van der Waals surface area (Å²) in [4.78, 5) is 4.55. The summed E-state index contributed by atoms with van der Waals surface area (Å²) >= 11 is 0. The van der Waals surface area contributed by atoms with Gasteiger partial charge in [-0.15, -0.1) is 0 Å². The van der Waals surface area contributed by atoms with E-state index in [1.54, 1.807) is 0 Å². The van der Waals surface area contributed by atoms with Crippen molar-refractivity contribution in [2.45, 2.75) is 83.2 Å². The third-order valence-corrected chi connectivity index (χ3v) is 8.75. The van der Waals surface area contributed by atoms with Crippen LogP contribution in [-0.2, 0) is 0 Å². The van der Waals surface area contributed by atoms with Gasteiger partial charge in [-0.25, -0.2) is 0 Å². The standard InChI is InChI=1S/C8H18N2.C6H18N4.C6H15N3.C6H13N.C4H10N2.C3H10N2/c9-6-8(7-10)4-2-1-3-5-8;7-1-4-10(5-2-8)6-3-9;7-1-4-9-5-2-8-3-6-9;7-6-4-2-1-3-5-6;1-2-6-4-3-5-1;1-3(5)2-4/h1-7,9-10H2;1-9H2;8H,1-7H2;6H,1-5,7H2;5-6H,1-4H2;3H,2,4-5H2,1H3. The summed E-state index contributed by atoms with van der Waals surface area (Å²) in [5.41, 5.74) is 49.0. The van der Waals surface area contributed by atoms with E-state index in [2.05, 4.69) is 25.8 Å². The van der Waals surface area contributed by atoms with Crippen LogP contribution in [0.2, 0.25) is 0 Å². The zero-order chi connectivity index (χ0) is 35.4. The number of piperazine rings is 2. The molecule has 2 saturated heterocycles. The van der Waals surface area contributed by atoms with E-state index in [4.69, 9.17) is 51.6 Å². The van der Waals surface area contributed by atoms with Crippen molar-refractivity contribution in [1.29, 1.82) is 0 Å². The molecular formula is C33H84N14. The van der Waals surface area contributed by atoms with E-state index < -0.39 is 0 Å². The maximum absolute atomic E-state index is 5.67. The van der Waals surface area contributed by atoms with Crippen molar-refractivity contribution in [3.8, 4) is 0 Å². The molecule has 0 amide bonds. The molecule has 2 aliphatic heterocycles. The first-order chi connectivity index (χ1) is 22.8. The van der Waals surface area contributed by atoms with Gasteiger partial charge in [0.05, 0.1) is 0 Å². The van der Waals surface area contributed by atoms with E-state index in [0.717, 1.165) is 98.2 Å². The fourth-order valence-corrected chi connectivity index (χ4v) is 5.53. The van der Waals surface area contributed by atoms with Gasteiger partial charge in [0.25, 0.3) is 0 Å². The van der Waals surface area contributed by atoms with Crippen molar-refractivity contribution in [2.24, 2.45) is 57.0 Å². The number of hydrogen-bond donors (Lipinski definition) is 12. The van der Waals surface area contributed by atoms with Crippen LogP contribution < -0.4 is 67.6 Å². The van der Waals surface area contributed by atoms with Gasteiger partial charge >= 0.3 is 0 Å². The minimum Gasteiger partial charge on any atom is -0.330 e. The number of rotatable bonds is 11. The number of nitrogens with zero attached hydrogens (tertiary/aromatic N) is 2. The lowest BCUT2D eigenvalue weighted by molar-refractivity contribution is 0.208. The Morgan fingerprint density at radius 3 is 1.32 bits per heavy atom. The van der Waals surface area contributed by atoms with Crippen LogP contribution in [0, 0.1) is 5.41 Å². The summed E-state index contributed by atoms with van der Waals surface area (Å²) in [6.07, 6.45) is 13.2. The number of hydrogen-bond acceptors (Lipinski definition) is 14. The predicted molar refractivity (Wildman–Crippen MR) is 205 cm³/mol. The minimum atomic E-state index is 0.162. The first-order valence-electron chi connectivity index (χ1n) is 18.8. The molecular weight excluding hydrogens is 592 g/mol. The van der Waals surface area contributed by atoms with Crippen LogP contribution >= 0.6 is 0 Å². The Morgan fingerprint density at radius 1 is 0.638 bits per heavy atom. The number of nitrogens with two attached hydrogens (primary N) is 9. The summed E-state index contributed by atoms with van der Waals surface area (Å²) in [7, 11) is 0. The Hall–Kier alpha value is -0.560. The smallest absolute Gasteiger partial charge is 0.0134 e. The summed E-state index contributed by atoms with van der Waals surface area (Å²) in [5.74, 6) is 0. The topological polar surface area (TPSA) is 277 Å². The molecule has 0 spiro atoms. The van der Waals surface area contributed by atoms with Crippen molar-refractivity contribution in [3.05, 3.63) is 0 Å². The van der Waals surface area contributed by atoms with Gasteiger partial charge in [0.15, 0.2) is 0 Å². The molecule has 0 aromatic heterocycles. The highest BCUT2D eigenvalue weighted by Gasteiger charge is 2.28. The maximum Gasteiger partial charge on any atom is 0.0134 e. The maximum atomic E-state index is 5.67. The molecule has 2 aliphatic carbocycles. The van der Waals surface area contributed by atoms with Gasteiger partial charge in [0.2, 0.25) is 0 Å². The van der Waals surface area contributed by atoms with Crippen LogP contribution in [0.25, 0.3) is 0 Å². The molecule has 1 unspecified atom stereocenters. The van der Waals surface area contributed by atoms with E-state index >= 15 is 0 Å². The van der Waals surface area contributed by atoms with Crippen molar-refractivity contribution < 1.29 is 0 Å². The summed E-state index contributed by atoms with van der Waals surface area (Å²) < 4.78 is 0. The lowest BCUT2D eigenvalue weighted by Crippen LogP contribution is -2.45. The highest BCUT2D eigenvalue weighted by atomic mass is 15.2. The first kappa shape index (κ1) is 48.6. The van der Waals surface area contributed by atoms with Gasteiger partial charge in [-0.05, 0) is 51.1 Å². The number of nitrogens with one attached hydrogen (secondary N) is 3. The molecule has 4 rings (SSSR count). The van der Waals surface area contributed by atoms with Crippen LogP contribution in [0.15, 0.2) is 0 Å². The minimum absolute atomic E-state index is 0.162. The van der Waals surface area contributed by atoms with Gasteiger partial charge in [0, 0.05) is 123 Å². The highest BCUT2D eigenvalue weighted by molar-refractivity contribution is 4.84. The van der Waals surface area contributed by atoms with Crippen LogP contribution in [-0.4, -0.2) is 146 Å². The van der Waals surface area contributed by atoms with Crippen LogP contribution in [0.3, 0.4) is 0 Å². The zero-order valence-electron chi connectivity index (χ0n) is 30.8. The summed E-state index contributed by atoms with van der Waals surface area (Å²) in [5, 5.41) is 9.74. The molecule has 2 saturated carbocycles. The molecule has 47 heavy (non-hydrogen) atoms. The fraction of sp³-hybridized carbons (Fsp3) is 1.00. The van der Waals surface area contributed by atoms with Gasteiger partial charge < -0.3 is 67.6 Å². The van der Waals surface area contributed by atoms with Crippen molar-refractivity contribution >= 4 is 0 Å². The molecule has 4 fully saturated rings. The highest BCUT2D eigenvalue weighted by Crippen LogP contribution is 2.33. The van der Waals surface area contributed by atoms with E-state index in [1.807, 2.05) is 6.92 Å². The molecule has 0 aromatic carbocycles. The van der Waals surface area contributed by atoms with Crippen LogP contribution in [0.4, 0.5) is 0 Å². The fourth-order valence-electron chi connectivity index (χ4n) is 5.53. The van der Waals surface area contributed by atoms with Gasteiger partial charge in [-0.1, -0.05) is 38.5 Å². The Morgan fingerprint density at radius 2 is 1.04 bits per heavy atom. The van der Waals surface area contributed by atoms with E-state index in [0.29, 0.717) is 37.6 Å². The third kappa shape index (κ3) is 32.4. The Labute approximate surface area is 290 Å². The molecule has 4 aliphatic rings. The monoisotopic (exact) mass is 677 g/mol. The SMILES string of the molecule is C1CNCCN1.CC(N)CN.NC1CCCCC1.NCC1(CN)CCCCC1.NCCN(CCN)CCN.NCCN1CCNCC1. The molecule has 0 bridgehead atoms. The second-order valence-corrected chi connectivity index (χ2v) is 13.2. The first-order valence-corrected chi connectivity index (χ1v) is 18.8. The van der Waals surface area contributed by atoms with Crippen molar-refractivity contribution in [3.63, 3.8) is 0 Å². The molecule has 14 heteroatoms. The van der Waals surface area contributed by atoms with Crippen LogP contribution in [0.5, 0.6) is 0 Å². The van der Waals surface area contributed by atoms with E-state index in [-0.39, 0.29) is 6.04 Å². The third-order valence-electron chi connectivity index (χ3n) is 8.75. The molecule has 1 atom stereocenters. The average Bonchev–Trinajstić information content (AvgIpc) is 3.12. The zero-order valence-corrected chi connectivity index (χ0v) is 30.8. The molecule has 0 radical (unpaired) electrons. The Balaban J connectivity index is 0. The predicted octanol–water partition coefficient (Wildman–Crippen LogP) is -2.38. The van der Waals surface area contributed by atoms with E-state index in [1.165, 1.54) is 64.2 Å². The van der Waals surface area contributed by atoms with Gasteiger partial charge in [-0.2, -0.15) is 0 Å². The molecule has 14 nitrogen and oxygen atoms in total. The summed E-state index contributed by atoms with van der Waals surface area (Å²) in [6.45, 7) is 19.7. The Bertz CT molecular complexity index is 545. The van der Waals surface area contributed by atoms with E-state index in [9.17, 15) is 0 Å². The normalized spacial score (nSPS) is 20.2. The van der Waals surface area contributed by atoms with Gasteiger partial charge in [-0.3, -0.25) is 9.80 Å². The van der Waals surface area contributed by atoms with Crippen molar-refractivity contribution in [1.82, 2.24) is 25.8 Å². The molecule has 0 aromatic rings. The quantitative estimate of drug-likeness (QED) is 0.109. The van der Waals surface area contributed by atoms with Crippen molar-refractivity contribution in [2.75, 3.05) is 124 Å². The second kappa shape index (κ2) is 36.7. The lowest BCUT2D eigenvalue weighted by atomic mass is 9.74. The largest absolute Gasteiger partial charge is 0.330 e. The molecule has 2 heterocycles. The summed E-state index contributed by atoms with van der Waals surface area (Å²) in [6, 6.07) is 0.698. The average molecular weight is 677 g/mol.